The summed E-state index contributed by atoms with van der Waals surface area (Å²) >= 11 is 0. The van der Waals surface area contributed by atoms with Crippen LogP contribution in [-0.2, 0) is 10.9 Å². The molecule has 126 valence electrons. The van der Waals surface area contributed by atoms with Crippen LogP contribution in [0.2, 0.25) is 0 Å². The third-order valence-electron chi connectivity index (χ3n) is 3.40. The van der Waals surface area contributed by atoms with Crippen molar-refractivity contribution in [3.8, 4) is 0 Å². The third kappa shape index (κ3) is 3.94. The summed E-state index contributed by atoms with van der Waals surface area (Å²) in [6.45, 7) is 3.52. The SMILES string of the molecule is CC(C)OC(=O)NC1=NCC(c2ccccc2C(F)(F)F)N1C. The number of benzene rings is 1. The van der Waals surface area contributed by atoms with Gasteiger partial charge in [-0.05, 0) is 25.5 Å². The van der Waals surface area contributed by atoms with E-state index in [-0.39, 0.29) is 24.2 Å². The molecule has 1 heterocycles. The molecule has 0 aliphatic carbocycles. The molecule has 1 aromatic rings. The monoisotopic (exact) mass is 329 g/mol. The maximum Gasteiger partial charge on any atom is 0.416 e. The van der Waals surface area contributed by atoms with Crippen molar-refractivity contribution in [2.24, 2.45) is 4.99 Å². The molecule has 1 amide bonds. The maximum atomic E-state index is 13.1. The highest BCUT2D eigenvalue weighted by Crippen LogP contribution is 2.37. The van der Waals surface area contributed by atoms with Gasteiger partial charge >= 0.3 is 12.3 Å². The molecule has 1 N–H and O–H groups in total. The number of guanidine groups is 1. The first kappa shape index (κ1) is 17.1. The summed E-state index contributed by atoms with van der Waals surface area (Å²) in [6, 6.07) is 4.77. The predicted octanol–water partition coefficient (Wildman–Crippen LogP) is 3.18. The first-order valence-electron chi connectivity index (χ1n) is 7.11. The van der Waals surface area contributed by atoms with Crippen LogP contribution in [0.15, 0.2) is 29.3 Å². The van der Waals surface area contributed by atoms with Gasteiger partial charge in [0.1, 0.15) is 0 Å². The van der Waals surface area contributed by atoms with Crippen molar-refractivity contribution in [2.75, 3.05) is 13.6 Å². The lowest BCUT2D eigenvalue weighted by atomic mass is 9.99. The number of nitrogens with zero attached hydrogens (tertiary/aromatic N) is 2. The molecule has 0 bridgehead atoms. The number of hydrogen-bond acceptors (Lipinski definition) is 4. The van der Waals surface area contributed by atoms with E-state index in [4.69, 9.17) is 4.74 Å². The van der Waals surface area contributed by atoms with E-state index in [2.05, 4.69) is 10.3 Å². The van der Waals surface area contributed by atoms with Crippen LogP contribution in [0.5, 0.6) is 0 Å². The van der Waals surface area contributed by atoms with Gasteiger partial charge in [0.25, 0.3) is 0 Å². The van der Waals surface area contributed by atoms with E-state index in [9.17, 15) is 18.0 Å². The van der Waals surface area contributed by atoms with Gasteiger partial charge < -0.3 is 9.64 Å². The molecule has 5 nitrogen and oxygen atoms in total. The summed E-state index contributed by atoms with van der Waals surface area (Å²) < 4.78 is 44.3. The lowest BCUT2D eigenvalue weighted by Gasteiger charge is -2.26. The number of aliphatic imine (C=N–C) groups is 1. The Balaban J connectivity index is 2.16. The number of carbonyl (C=O) groups excluding carboxylic acids is 1. The molecule has 0 radical (unpaired) electrons. The second kappa shape index (κ2) is 6.47. The van der Waals surface area contributed by atoms with Crippen molar-refractivity contribution in [1.82, 2.24) is 10.2 Å². The fourth-order valence-corrected chi connectivity index (χ4v) is 2.37. The first-order chi connectivity index (χ1) is 10.7. The van der Waals surface area contributed by atoms with Crippen LogP contribution >= 0.6 is 0 Å². The van der Waals surface area contributed by atoms with Crippen molar-refractivity contribution >= 4 is 12.1 Å². The highest BCUT2D eigenvalue weighted by atomic mass is 19.4. The van der Waals surface area contributed by atoms with E-state index in [1.165, 1.54) is 17.0 Å². The Bertz CT molecular complexity index is 614. The number of nitrogens with one attached hydrogen (secondary N) is 1. The number of likely N-dealkylation sites (N-methyl/N-ethyl adjacent to an activating group) is 1. The van der Waals surface area contributed by atoms with Crippen LogP contribution < -0.4 is 5.32 Å². The molecular weight excluding hydrogens is 311 g/mol. The van der Waals surface area contributed by atoms with Gasteiger partial charge in [-0.3, -0.25) is 10.3 Å². The zero-order valence-electron chi connectivity index (χ0n) is 13.0. The summed E-state index contributed by atoms with van der Waals surface area (Å²) in [7, 11) is 1.58. The van der Waals surface area contributed by atoms with Gasteiger partial charge in [0, 0.05) is 7.05 Å². The second-order valence-electron chi connectivity index (χ2n) is 5.46. The molecule has 8 heteroatoms. The van der Waals surface area contributed by atoms with Gasteiger partial charge in [-0.1, -0.05) is 18.2 Å². The molecule has 1 atom stereocenters. The number of amides is 1. The van der Waals surface area contributed by atoms with Gasteiger partial charge in [0.2, 0.25) is 5.96 Å². The minimum Gasteiger partial charge on any atom is -0.447 e. The Labute approximate surface area is 132 Å². The molecule has 1 aliphatic heterocycles. The van der Waals surface area contributed by atoms with Gasteiger partial charge in [-0.2, -0.15) is 13.2 Å². The van der Waals surface area contributed by atoms with E-state index >= 15 is 0 Å². The number of carbonyl (C=O) groups is 1. The average molecular weight is 329 g/mol. The van der Waals surface area contributed by atoms with E-state index in [1.54, 1.807) is 27.0 Å². The van der Waals surface area contributed by atoms with E-state index in [1.807, 2.05) is 0 Å². The predicted molar refractivity (Wildman–Crippen MR) is 79.0 cm³/mol. The average Bonchev–Trinajstić information content (AvgIpc) is 2.78. The molecule has 0 spiro atoms. The van der Waals surface area contributed by atoms with Crippen LogP contribution in [0.3, 0.4) is 0 Å². The molecule has 1 unspecified atom stereocenters. The van der Waals surface area contributed by atoms with Crippen LogP contribution in [0.25, 0.3) is 0 Å². The molecule has 0 aromatic heterocycles. The summed E-state index contributed by atoms with van der Waals surface area (Å²) in [5.74, 6) is 0.192. The van der Waals surface area contributed by atoms with Crippen molar-refractivity contribution in [3.63, 3.8) is 0 Å². The molecule has 0 saturated carbocycles. The Morgan fingerprint density at radius 3 is 2.65 bits per heavy atom. The van der Waals surface area contributed by atoms with Gasteiger partial charge in [0.05, 0.1) is 24.3 Å². The molecule has 0 fully saturated rings. The zero-order valence-corrected chi connectivity index (χ0v) is 13.0. The normalized spacial score (nSPS) is 18.1. The van der Waals surface area contributed by atoms with Crippen LogP contribution in [0.4, 0.5) is 18.0 Å². The molecular formula is C15H18F3N3O2. The number of alkyl halides is 3. The lowest BCUT2D eigenvalue weighted by Crippen LogP contribution is -2.41. The van der Waals surface area contributed by atoms with Crippen molar-refractivity contribution in [3.05, 3.63) is 35.4 Å². The molecule has 0 saturated heterocycles. The molecule has 1 aromatic carbocycles. The van der Waals surface area contributed by atoms with E-state index < -0.39 is 23.9 Å². The summed E-state index contributed by atoms with van der Waals surface area (Å²) in [5.41, 5.74) is -0.571. The summed E-state index contributed by atoms with van der Waals surface area (Å²) in [6.07, 6.45) is -5.43. The highest BCUT2D eigenvalue weighted by molar-refractivity contribution is 5.95. The van der Waals surface area contributed by atoms with E-state index in [0.29, 0.717) is 0 Å². The number of rotatable bonds is 2. The molecule has 23 heavy (non-hydrogen) atoms. The maximum absolute atomic E-state index is 13.1. The zero-order chi connectivity index (χ0) is 17.2. The molecule has 1 aliphatic rings. The second-order valence-corrected chi connectivity index (χ2v) is 5.46. The van der Waals surface area contributed by atoms with Gasteiger partial charge in [-0.25, -0.2) is 4.79 Å². The quantitative estimate of drug-likeness (QED) is 0.907. The van der Waals surface area contributed by atoms with Crippen molar-refractivity contribution in [2.45, 2.75) is 32.2 Å². The minimum atomic E-state index is -4.44. The van der Waals surface area contributed by atoms with Crippen LogP contribution in [-0.4, -0.2) is 36.6 Å². The number of ether oxygens (including phenoxy) is 1. The Kier molecular flexibility index (Phi) is 4.82. The lowest BCUT2D eigenvalue weighted by molar-refractivity contribution is -0.138. The van der Waals surface area contributed by atoms with Crippen molar-refractivity contribution in [1.29, 1.82) is 0 Å². The standard InChI is InChI=1S/C15H18F3N3O2/c1-9(2)23-14(22)20-13-19-8-12(21(13)3)10-6-4-5-7-11(10)15(16,17)18/h4-7,9,12H,8H2,1-3H3,(H,19,20,22). The molecule has 2 rings (SSSR count). The largest absolute Gasteiger partial charge is 0.447 e. The van der Waals surface area contributed by atoms with Crippen LogP contribution in [0, 0.1) is 0 Å². The topological polar surface area (TPSA) is 53.9 Å². The third-order valence-corrected chi connectivity index (χ3v) is 3.40. The van der Waals surface area contributed by atoms with Crippen molar-refractivity contribution < 1.29 is 22.7 Å². The van der Waals surface area contributed by atoms with E-state index in [0.717, 1.165) is 6.07 Å². The number of halogens is 3. The Morgan fingerprint density at radius 2 is 2.04 bits per heavy atom. The van der Waals surface area contributed by atoms with Gasteiger partial charge in [0.15, 0.2) is 0 Å². The highest BCUT2D eigenvalue weighted by Gasteiger charge is 2.38. The summed E-state index contributed by atoms with van der Waals surface area (Å²) in [4.78, 5) is 17.2. The Hall–Kier alpha value is -2.25. The fraction of sp³-hybridized carbons (Fsp3) is 0.467. The van der Waals surface area contributed by atoms with Crippen LogP contribution in [0.1, 0.15) is 31.0 Å². The first-order valence-corrected chi connectivity index (χ1v) is 7.11. The Morgan fingerprint density at radius 1 is 1.39 bits per heavy atom. The number of alkyl carbamates (subject to hydrolysis) is 1. The van der Waals surface area contributed by atoms with Gasteiger partial charge in [-0.15, -0.1) is 0 Å². The number of hydrogen-bond donors (Lipinski definition) is 1. The minimum absolute atomic E-state index is 0.125. The fourth-order valence-electron chi connectivity index (χ4n) is 2.37. The summed E-state index contributed by atoms with van der Waals surface area (Å²) in [5, 5.41) is 2.45. The smallest absolute Gasteiger partial charge is 0.416 e.